The van der Waals surface area contributed by atoms with Crippen LogP contribution in [0, 0.1) is 0 Å². The maximum absolute atomic E-state index is 11.7. The fraction of sp³-hybridized carbons (Fsp3) is 0.538. The molecule has 0 unspecified atom stereocenters. The lowest BCUT2D eigenvalue weighted by atomic mass is 10.1. The summed E-state index contributed by atoms with van der Waals surface area (Å²) < 4.78 is 0. The first-order chi connectivity index (χ1) is 7.72. The van der Waals surface area contributed by atoms with Crippen molar-refractivity contribution in [3.8, 4) is 0 Å². The Morgan fingerprint density at radius 2 is 2.06 bits per heavy atom. The van der Waals surface area contributed by atoms with Gasteiger partial charge in [-0.2, -0.15) is 0 Å². The molecular formula is C13H20N2O. The molecule has 0 atom stereocenters. The molecule has 3 nitrogen and oxygen atoms in total. The summed E-state index contributed by atoms with van der Waals surface area (Å²) in [7, 11) is 0. The van der Waals surface area contributed by atoms with E-state index in [9.17, 15) is 4.79 Å². The van der Waals surface area contributed by atoms with E-state index in [1.807, 2.05) is 13.0 Å². The number of anilines is 1. The molecule has 1 rings (SSSR count). The molecule has 16 heavy (non-hydrogen) atoms. The summed E-state index contributed by atoms with van der Waals surface area (Å²) in [5, 5.41) is 3.33. The summed E-state index contributed by atoms with van der Waals surface area (Å²) in [5.41, 5.74) is 0.705. The van der Waals surface area contributed by atoms with Gasteiger partial charge in [0, 0.05) is 18.7 Å². The van der Waals surface area contributed by atoms with Crippen molar-refractivity contribution in [2.45, 2.75) is 46.1 Å². The Bertz CT molecular complexity index is 346. The Morgan fingerprint density at radius 1 is 1.38 bits per heavy atom. The van der Waals surface area contributed by atoms with Crippen LogP contribution in [0.25, 0.3) is 0 Å². The summed E-state index contributed by atoms with van der Waals surface area (Å²) in [6.45, 7) is 6.13. The third-order valence-corrected chi connectivity index (χ3v) is 2.76. The van der Waals surface area contributed by atoms with Crippen molar-refractivity contribution in [1.29, 1.82) is 0 Å². The van der Waals surface area contributed by atoms with Gasteiger partial charge in [0.1, 0.15) is 5.82 Å². The zero-order chi connectivity index (χ0) is 12.0. The quantitative estimate of drug-likeness (QED) is 0.748. The van der Waals surface area contributed by atoms with Crippen molar-refractivity contribution in [1.82, 2.24) is 4.98 Å². The van der Waals surface area contributed by atoms with Crippen LogP contribution < -0.4 is 5.32 Å². The molecule has 0 aliphatic carbocycles. The summed E-state index contributed by atoms with van der Waals surface area (Å²) in [5.74, 6) is 0.865. The second-order valence-electron chi connectivity index (χ2n) is 3.83. The molecule has 1 aromatic rings. The first kappa shape index (κ1) is 12.7. The van der Waals surface area contributed by atoms with Crippen molar-refractivity contribution in [2.24, 2.45) is 0 Å². The number of nitrogens with zero attached hydrogens (tertiary/aromatic N) is 1. The Hall–Kier alpha value is -1.38. The zero-order valence-electron chi connectivity index (χ0n) is 10.3. The molecule has 0 amide bonds. The van der Waals surface area contributed by atoms with Crippen molar-refractivity contribution >= 4 is 11.6 Å². The van der Waals surface area contributed by atoms with E-state index in [0.717, 1.165) is 18.7 Å². The van der Waals surface area contributed by atoms with Gasteiger partial charge in [0.2, 0.25) is 0 Å². The second-order valence-corrected chi connectivity index (χ2v) is 3.83. The smallest absolute Gasteiger partial charge is 0.166 e. The molecule has 3 heteroatoms. The first-order valence-electron chi connectivity index (χ1n) is 5.97. The molecule has 0 aliphatic heterocycles. The normalized spacial score (nSPS) is 10.5. The van der Waals surface area contributed by atoms with Gasteiger partial charge >= 0.3 is 0 Å². The molecule has 1 heterocycles. The van der Waals surface area contributed by atoms with E-state index in [4.69, 9.17) is 0 Å². The van der Waals surface area contributed by atoms with Crippen LogP contribution >= 0.6 is 0 Å². The average Bonchev–Trinajstić information content (AvgIpc) is 2.35. The van der Waals surface area contributed by atoms with Gasteiger partial charge in [-0.15, -0.1) is 0 Å². The molecule has 0 aromatic carbocycles. The summed E-state index contributed by atoms with van der Waals surface area (Å²) in [4.78, 5) is 16.0. The van der Waals surface area contributed by atoms with Crippen LogP contribution in [0.5, 0.6) is 0 Å². The van der Waals surface area contributed by atoms with Crippen LogP contribution in [0.1, 0.15) is 50.4 Å². The minimum atomic E-state index is 0.140. The van der Waals surface area contributed by atoms with E-state index in [1.165, 1.54) is 0 Å². The number of nitrogens with one attached hydrogen (secondary N) is 1. The third kappa shape index (κ3) is 3.05. The van der Waals surface area contributed by atoms with Gasteiger partial charge in [-0.1, -0.05) is 20.8 Å². The number of aromatic nitrogens is 1. The number of hydrogen-bond donors (Lipinski definition) is 1. The lowest BCUT2D eigenvalue weighted by molar-refractivity contribution is 0.0988. The van der Waals surface area contributed by atoms with E-state index in [-0.39, 0.29) is 5.78 Å². The van der Waals surface area contributed by atoms with Gasteiger partial charge in [0.25, 0.3) is 0 Å². The fourth-order valence-electron chi connectivity index (χ4n) is 1.62. The first-order valence-corrected chi connectivity index (χ1v) is 5.97. The van der Waals surface area contributed by atoms with Crippen molar-refractivity contribution < 1.29 is 4.79 Å². The number of carbonyl (C=O) groups excluding carboxylic acids is 1. The van der Waals surface area contributed by atoms with Crippen LogP contribution in [0.15, 0.2) is 18.3 Å². The number of hydrogen-bond acceptors (Lipinski definition) is 3. The number of ketones is 1. The van der Waals surface area contributed by atoms with Crippen LogP contribution in [0.4, 0.5) is 5.82 Å². The van der Waals surface area contributed by atoms with Gasteiger partial charge < -0.3 is 5.32 Å². The largest absolute Gasteiger partial charge is 0.367 e. The van der Waals surface area contributed by atoms with Gasteiger partial charge in [0.15, 0.2) is 5.78 Å². The van der Waals surface area contributed by atoms with Crippen LogP contribution in [0.3, 0.4) is 0 Å². The van der Waals surface area contributed by atoms with Crippen molar-refractivity contribution in [3.63, 3.8) is 0 Å². The van der Waals surface area contributed by atoms with Gasteiger partial charge in [-0.25, -0.2) is 4.98 Å². The average molecular weight is 220 g/mol. The number of Topliss-reactive ketones (excluding diaryl/α,β-unsaturated/α-hetero) is 1. The van der Waals surface area contributed by atoms with Crippen LogP contribution in [-0.2, 0) is 0 Å². The Kier molecular flexibility index (Phi) is 4.96. The fourth-order valence-corrected chi connectivity index (χ4v) is 1.62. The Balaban J connectivity index is 2.90. The Morgan fingerprint density at radius 3 is 2.62 bits per heavy atom. The number of pyridine rings is 1. The highest BCUT2D eigenvalue weighted by Crippen LogP contribution is 2.16. The van der Waals surface area contributed by atoms with E-state index in [2.05, 4.69) is 24.1 Å². The summed E-state index contributed by atoms with van der Waals surface area (Å²) in [6.07, 6.45) is 4.31. The zero-order valence-corrected chi connectivity index (χ0v) is 10.3. The molecule has 0 aliphatic rings. The molecule has 0 bridgehead atoms. The highest BCUT2D eigenvalue weighted by Gasteiger charge is 2.12. The van der Waals surface area contributed by atoms with Gasteiger partial charge in [-0.3, -0.25) is 4.79 Å². The summed E-state index contributed by atoms with van der Waals surface area (Å²) in [6, 6.07) is 4.03. The molecule has 1 aromatic heterocycles. The molecular weight excluding hydrogens is 200 g/mol. The van der Waals surface area contributed by atoms with Crippen molar-refractivity contribution in [2.75, 3.05) is 5.32 Å². The molecule has 0 saturated carbocycles. The standard InChI is InChI=1S/C13H20N2O/c1-4-10(5-2)15-13-11(12(16)6-3)8-7-9-14-13/h7-10H,4-6H2,1-3H3,(H,14,15). The maximum Gasteiger partial charge on any atom is 0.166 e. The maximum atomic E-state index is 11.7. The minimum Gasteiger partial charge on any atom is -0.367 e. The van der Waals surface area contributed by atoms with Crippen LogP contribution in [0.2, 0.25) is 0 Å². The third-order valence-electron chi connectivity index (χ3n) is 2.76. The van der Waals surface area contributed by atoms with Crippen molar-refractivity contribution in [3.05, 3.63) is 23.9 Å². The molecule has 1 N–H and O–H groups in total. The predicted octanol–water partition coefficient (Wildman–Crippen LogP) is 3.27. The van der Waals surface area contributed by atoms with E-state index in [0.29, 0.717) is 18.0 Å². The molecule has 0 saturated heterocycles. The Labute approximate surface area is 97.3 Å². The molecule has 0 spiro atoms. The molecule has 0 fully saturated rings. The number of rotatable bonds is 6. The highest BCUT2D eigenvalue weighted by molar-refractivity contribution is 6.00. The SMILES string of the molecule is CCC(=O)c1cccnc1NC(CC)CC. The van der Waals surface area contributed by atoms with E-state index in [1.54, 1.807) is 12.3 Å². The lowest BCUT2D eigenvalue weighted by Crippen LogP contribution is -2.19. The van der Waals surface area contributed by atoms with E-state index >= 15 is 0 Å². The topological polar surface area (TPSA) is 42.0 Å². The molecule has 0 radical (unpaired) electrons. The van der Waals surface area contributed by atoms with Gasteiger partial charge in [0.05, 0.1) is 5.56 Å². The molecule has 88 valence electrons. The van der Waals surface area contributed by atoms with Crippen LogP contribution in [-0.4, -0.2) is 16.8 Å². The monoisotopic (exact) mass is 220 g/mol. The number of carbonyl (C=O) groups is 1. The lowest BCUT2D eigenvalue weighted by Gasteiger charge is -2.17. The highest BCUT2D eigenvalue weighted by atomic mass is 16.1. The predicted molar refractivity (Wildman–Crippen MR) is 66.9 cm³/mol. The second kappa shape index (κ2) is 6.26. The van der Waals surface area contributed by atoms with Gasteiger partial charge in [-0.05, 0) is 25.0 Å². The van der Waals surface area contributed by atoms with E-state index < -0.39 is 0 Å². The summed E-state index contributed by atoms with van der Waals surface area (Å²) >= 11 is 0. The minimum absolute atomic E-state index is 0.140.